The molecule has 0 aliphatic rings. The van der Waals surface area contributed by atoms with Gasteiger partial charge in [0, 0.05) is 48.6 Å². The Balaban J connectivity index is 1.79. The predicted octanol–water partition coefficient (Wildman–Crippen LogP) is 5.67. The van der Waals surface area contributed by atoms with Crippen molar-refractivity contribution in [3.05, 3.63) is 77.6 Å². The third kappa shape index (κ3) is 12.3. The van der Waals surface area contributed by atoms with E-state index in [1.54, 1.807) is 37.3 Å². The average molecular weight is 781 g/mol. The number of hydrogen-bond acceptors (Lipinski definition) is 15. The Morgan fingerprint density at radius 2 is 1.71 bits per heavy atom. The number of hydrogen-bond donors (Lipinski definition) is 2. The molecule has 2 heterocycles. The van der Waals surface area contributed by atoms with E-state index in [1.807, 2.05) is 13.8 Å². The third-order valence-electron chi connectivity index (χ3n) is 7.48. The van der Waals surface area contributed by atoms with Crippen LogP contribution in [0.2, 0.25) is 0 Å². The molecule has 4 rings (SSSR count). The molecule has 1 amide bonds. The molecule has 0 fully saturated rings. The number of unbranched alkanes of at least 4 members (excludes halogenated alkanes) is 1. The first-order valence-corrected chi connectivity index (χ1v) is 17.8. The van der Waals surface area contributed by atoms with Crippen LogP contribution < -0.4 is 25.3 Å². The zero-order valence-electron chi connectivity index (χ0n) is 31.7. The number of rotatable bonds is 20. The fourth-order valence-corrected chi connectivity index (χ4v) is 4.72. The number of nitrogens with two attached hydrogens (primary N) is 1. The monoisotopic (exact) mass is 780 g/mol. The fraction of sp³-hybridized carbons (Fsp3) is 0.405. The van der Waals surface area contributed by atoms with Crippen LogP contribution in [0, 0.1) is 5.82 Å². The highest BCUT2D eigenvalue weighted by Gasteiger charge is 2.30. The van der Waals surface area contributed by atoms with Gasteiger partial charge < -0.3 is 44.2 Å². The number of amides is 1. The zero-order chi connectivity index (χ0) is 40.5. The van der Waals surface area contributed by atoms with Gasteiger partial charge in [-0.2, -0.15) is 9.98 Å². The predicted molar refractivity (Wildman–Crippen MR) is 198 cm³/mol. The van der Waals surface area contributed by atoms with Gasteiger partial charge in [-0.05, 0) is 49.2 Å². The molecule has 0 bridgehead atoms. The lowest BCUT2D eigenvalue weighted by molar-refractivity contribution is -0.141. The van der Waals surface area contributed by atoms with Crippen molar-refractivity contribution in [3.63, 3.8) is 0 Å². The quantitative estimate of drug-likeness (QED) is 0.0275. The van der Waals surface area contributed by atoms with Crippen molar-refractivity contribution in [1.82, 2.24) is 24.7 Å². The number of aromatic nitrogens is 5. The number of carbonyl (C=O) groups is 3. The first-order chi connectivity index (χ1) is 27.1. The second-order valence-corrected chi connectivity index (χ2v) is 11.7. The lowest BCUT2D eigenvalue weighted by Gasteiger charge is -2.21. The molecule has 2 aromatic carbocycles. The van der Waals surface area contributed by atoms with E-state index in [4.69, 9.17) is 38.9 Å². The number of nitrogens with one attached hydrogen (secondary N) is 1. The van der Waals surface area contributed by atoms with Crippen LogP contribution in [0.5, 0.6) is 17.5 Å². The topological polar surface area (TPSA) is 223 Å². The van der Waals surface area contributed by atoms with E-state index in [9.17, 15) is 14.4 Å². The van der Waals surface area contributed by atoms with Crippen LogP contribution >= 0.6 is 0 Å². The van der Waals surface area contributed by atoms with Gasteiger partial charge in [0.1, 0.15) is 30.8 Å². The van der Waals surface area contributed by atoms with Crippen LogP contribution in [0.1, 0.15) is 76.4 Å². The second-order valence-electron chi connectivity index (χ2n) is 11.7. The maximum absolute atomic E-state index is 16.6. The summed E-state index contributed by atoms with van der Waals surface area (Å²) in [6.07, 6.45) is 2.34. The Bertz CT molecular complexity index is 1930. The summed E-state index contributed by atoms with van der Waals surface area (Å²) >= 11 is 0. The Kier molecular flexibility index (Phi) is 16.1. The zero-order valence-corrected chi connectivity index (χ0v) is 31.7. The van der Waals surface area contributed by atoms with E-state index < -0.39 is 36.4 Å². The van der Waals surface area contributed by atoms with E-state index in [0.717, 1.165) is 6.42 Å². The first kappa shape index (κ1) is 42.2. The smallest absolute Gasteiger partial charge is 0.497 e. The number of amidine groups is 1. The summed E-state index contributed by atoms with van der Waals surface area (Å²) in [5, 5.41) is 7.86. The molecule has 4 aromatic rings. The number of carbonyl (C=O) groups excluding carboxylic acids is 3. The summed E-state index contributed by atoms with van der Waals surface area (Å²) in [5.74, 6) is -1.41. The maximum Gasteiger partial charge on any atom is 0.511 e. The SMILES string of the molecule is CCCCOC(=O)N=C(N)c1ccc(NC(c2nc(O[C@@H](CC)OC(=O)OCCC)n(-c3ncccn3)n2)c2cc(OC)cc(OCCOC(C)=O)c2F)cc1. The summed E-state index contributed by atoms with van der Waals surface area (Å²) < 4.78 is 55.3. The number of esters is 1. The highest BCUT2D eigenvalue weighted by Crippen LogP contribution is 2.36. The number of methoxy groups -OCH3 is 1. The minimum atomic E-state index is -1.20. The first-order valence-electron chi connectivity index (χ1n) is 17.8. The molecule has 2 aromatic heterocycles. The summed E-state index contributed by atoms with van der Waals surface area (Å²) in [6, 6.07) is 9.42. The van der Waals surface area contributed by atoms with Gasteiger partial charge in [0.2, 0.25) is 0 Å². The lowest BCUT2D eigenvalue weighted by atomic mass is 10.0. The van der Waals surface area contributed by atoms with Crippen molar-refractivity contribution in [3.8, 4) is 23.5 Å². The van der Waals surface area contributed by atoms with Crippen LogP contribution in [0.4, 0.5) is 19.7 Å². The molecule has 0 aliphatic carbocycles. The van der Waals surface area contributed by atoms with Gasteiger partial charge in [-0.3, -0.25) is 4.79 Å². The van der Waals surface area contributed by atoms with Gasteiger partial charge >= 0.3 is 24.2 Å². The summed E-state index contributed by atoms with van der Waals surface area (Å²) in [5.41, 5.74) is 6.90. The van der Waals surface area contributed by atoms with Crippen molar-refractivity contribution in [2.75, 3.05) is 38.9 Å². The van der Waals surface area contributed by atoms with Gasteiger partial charge in [-0.15, -0.1) is 9.78 Å². The molecule has 0 radical (unpaired) electrons. The molecular formula is C37H45FN8O10. The molecule has 56 heavy (non-hydrogen) atoms. The van der Waals surface area contributed by atoms with Gasteiger partial charge in [-0.1, -0.05) is 27.2 Å². The molecule has 0 saturated heterocycles. The molecular weight excluding hydrogens is 735 g/mol. The van der Waals surface area contributed by atoms with Crippen LogP contribution in [0.25, 0.3) is 5.95 Å². The van der Waals surface area contributed by atoms with Crippen molar-refractivity contribution in [2.45, 2.75) is 65.7 Å². The number of nitrogens with zero attached hydrogens (tertiary/aromatic N) is 6. The Morgan fingerprint density at radius 1 is 0.964 bits per heavy atom. The molecule has 19 heteroatoms. The van der Waals surface area contributed by atoms with E-state index in [-0.39, 0.29) is 73.5 Å². The van der Waals surface area contributed by atoms with Gasteiger partial charge in [0.25, 0.3) is 12.2 Å². The molecule has 0 aliphatic heterocycles. The van der Waals surface area contributed by atoms with E-state index in [2.05, 4.69) is 30.4 Å². The Labute approximate surface area is 322 Å². The van der Waals surface area contributed by atoms with Crippen LogP contribution in [-0.2, 0) is 23.7 Å². The fourth-order valence-electron chi connectivity index (χ4n) is 4.72. The van der Waals surface area contributed by atoms with Gasteiger partial charge in [-0.25, -0.2) is 23.9 Å². The van der Waals surface area contributed by atoms with Crippen LogP contribution in [-0.4, -0.2) is 88.6 Å². The van der Waals surface area contributed by atoms with Gasteiger partial charge in [0.15, 0.2) is 17.4 Å². The van der Waals surface area contributed by atoms with Crippen molar-refractivity contribution in [2.24, 2.45) is 10.7 Å². The van der Waals surface area contributed by atoms with Crippen LogP contribution in [0.3, 0.4) is 0 Å². The highest BCUT2D eigenvalue weighted by atomic mass is 19.1. The standard InChI is InChI=1S/C37H45FN8O10/c1-6-9-18-53-36(48)43-32(39)24-11-13-25(14-12-24)42-31(27-21-26(50-5)22-28(30(27)38)52-20-19-51-23(4)47)33-44-35(46(45-33)34-40-15-10-16-41-34)55-29(8-3)56-37(49)54-17-7-2/h10-16,21-22,29,31,42H,6-9,17-20H2,1-5H3,(H2,39,43,48)/t29-,31?/m1/s1. The molecule has 0 spiro atoms. The minimum absolute atomic E-state index is 0.0315. The van der Waals surface area contributed by atoms with Gasteiger partial charge in [0.05, 0.1) is 20.3 Å². The largest absolute Gasteiger partial charge is 0.511 e. The number of ether oxygens (including phenoxy) is 7. The average Bonchev–Trinajstić information content (AvgIpc) is 3.62. The molecule has 1 unspecified atom stereocenters. The number of aliphatic imine (C=N–C) groups is 1. The number of halogens is 1. The summed E-state index contributed by atoms with van der Waals surface area (Å²) in [7, 11) is 1.40. The van der Waals surface area contributed by atoms with E-state index in [0.29, 0.717) is 24.1 Å². The normalized spacial score (nSPS) is 12.2. The highest BCUT2D eigenvalue weighted by molar-refractivity contribution is 6.02. The Morgan fingerprint density at radius 3 is 2.38 bits per heavy atom. The molecule has 18 nitrogen and oxygen atoms in total. The number of anilines is 1. The summed E-state index contributed by atoms with van der Waals surface area (Å²) in [4.78, 5) is 52.7. The van der Waals surface area contributed by atoms with E-state index >= 15 is 4.39 Å². The lowest BCUT2D eigenvalue weighted by Crippen LogP contribution is -2.25. The maximum atomic E-state index is 16.6. The molecule has 300 valence electrons. The third-order valence-corrected chi connectivity index (χ3v) is 7.48. The molecule has 3 N–H and O–H groups in total. The molecule has 2 atom stereocenters. The number of benzene rings is 2. The Hall–Kier alpha value is -6.53. The van der Waals surface area contributed by atoms with Crippen LogP contribution in [0.15, 0.2) is 59.9 Å². The van der Waals surface area contributed by atoms with Crippen molar-refractivity contribution in [1.29, 1.82) is 0 Å². The molecule has 0 saturated carbocycles. The minimum Gasteiger partial charge on any atom is -0.497 e. The van der Waals surface area contributed by atoms with Crippen molar-refractivity contribution >= 4 is 29.7 Å². The van der Waals surface area contributed by atoms with E-state index in [1.165, 1.54) is 43.2 Å². The summed E-state index contributed by atoms with van der Waals surface area (Å²) in [6.45, 7) is 6.84. The second kappa shape index (κ2) is 21.4. The van der Waals surface area contributed by atoms with Crippen molar-refractivity contribution < 1.29 is 51.9 Å².